The van der Waals surface area contributed by atoms with Gasteiger partial charge in [-0.25, -0.2) is 10.2 Å². The number of hydrogen-bond acceptors (Lipinski definition) is 4. The first-order valence-corrected chi connectivity index (χ1v) is 7.85. The first-order valence-electron chi connectivity index (χ1n) is 7.85. The number of hydroxylamine groups is 1. The van der Waals surface area contributed by atoms with Gasteiger partial charge in [-0.1, -0.05) is 24.3 Å². The number of nitrogens with two attached hydrogens (primary N) is 1. The molecule has 9 heteroatoms. The average Bonchev–Trinajstić information content (AvgIpc) is 3.13. The molecule has 0 unspecified atom stereocenters. The Hall–Kier alpha value is -3.17. The third-order valence-electron chi connectivity index (χ3n) is 3.96. The van der Waals surface area contributed by atoms with E-state index < -0.39 is 17.8 Å². The van der Waals surface area contributed by atoms with Gasteiger partial charge in [-0.05, 0) is 35.9 Å². The molecule has 27 heavy (non-hydrogen) atoms. The number of aromatic nitrogens is 2. The van der Waals surface area contributed by atoms with E-state index in [1.807, 2.05) is 0 Å². The Morgan fingerprint density at radius 2 is 1.74 bits per heavy atom. The van der Waals surface area contributed by atoms with Crippen molar-refractivity contribution in [2.24, 2.45) is 5.73 Å². The highest BCUT2D eigenvalue weighted by atomic mass is 19.4. The molecule has 0 radical (unpaired) electrons. The fourth-order valence-electron chi connectivity index (χ4n) is 2.55. The van der Waals surface area contributed by atoms with E-state index in [-0.39, 0.29) is 11.3 Å². The van der Waals surface area contributed by atoms with Crippen molar-refractivity contribution in [1.82, 2.24) is 15.3 Å². The molecule has 0 saturated carbocycles. The Labute approximate surface area is 152 Å². The van der Waals surface area contributed by atoms with E-state index in [1.54, 1.807) is 24.3 Å². The van der Waals surface area contributed by atoms with Crippen LogP contribution >= 0.6 is 0 Å². The summed E-state index contributed by atoms with van der Waals surface area (Å²) < 4.78 is 40.7. The molecule has 3 rings (SSSR count). The molecule has 1 amide bonds. The lowest BCUT2D eigenvalue weighted by molar-refractivity contribution is -0.141. The topological polar surface area (TPSA) is 93.2 Å². The summed E-state index contributed by atoms with van der Waals surface area (Å²) in [4.78, 5) is 11.4. The van der Waals surface area contributed by atoms with Crippen LogP contribution < -0.4 is 11.2 Å². The van der Waals surface area contributed by atoms with Crippen LogP contribution in [0.4, 0.5) is 13.2 Å². The number of carbonyl (C=O) groups is 1. The Bertz CT molecular complexity index is 948. The molecular formula is C18H15F3N4O2. The van der Waals surface area contributed by atoms with Gasteiger partial charge in [0, 0.05) is 17.7 Å². The largest absolute Gasteiger partial charge is 0.435 e. The summed E-state index contributed by atoms with van der Waals surface area (Å²) >= 11 is 0. The van der Waals surface area contributed by atoms with E-state index in [4.69, 9.17) is 10.9 Å². The molecule has 0 aliphatic carbocycles. The molecule has 0 bridgehead atoms. The fraction of sp³-hybridized carbons (Fsp3) is 0.111. The van der Waals surface area contributed by atoms with Crippen LogP contribution in [0.25, 0.3) is 16.9 Å². The van der Waals surface area contributed by atoms with Gasteiger partial charge in [-0.3, -0.25) is 10.0 Å². The normalized spacial score (nSPS) is 11.4. The lowest BCUT2D eigenvalue weighted by Gasteiger charge is -2.09. The van der Waals surface area contributed by atoms with Crippen molar-refractivity contribution in [3.8, 4) is 16.9 Å². The molecule has 4 N–H and O–H groups in total. The first-order chi connectivity index (χ1) is 12.8. The van der Waals surface area contributed by atoms with Gasteiger partial charge >= 0.3 is 6.18 Å². The third-order valence-corrected chi connectivity index (χ3v) is 3.96. The minimum absolute atomic E-state index is 0.151. The van der Waals surface area contributed by atoms with Crippen LogP contribution in [0, 0.1) is 0 Å². The van der Waals surface area contributed by atoms with Gasteiger partial charge in [0.2, 0.25) is 0 Å². The minimum atomic E-state index is -4.60. The van der Waals surface area contributed by atoms with E-state index in [9.17, 15) is 18.0 Å². The van der Waals surface area contributed by atoms with Gasteiger partial charge in [0.05, 0.1) is 11.4 Å². The van der Waals surface area contributed by atoms with Gasteiger partial charge < -0.3 is 5.73 Å². The van der Waals surface area contributed by atoms with Gasteiger partial charge in [0.1, 0.15) is 0 Å². The predicted octanol–water partition coefficient (Wildman–Crippen LogP) is 3.14. The highest BCUT2D eigenvalue weighted by Gasteiger charge is 2.35. The van der Waals surface area contributed by atoms with E-state index in [0.717, 1.165) is 16.3 Å². The number of rotatable bonds is 4. The Morgan fingerprint density at radius 3 is 2.26 bits per heavy atom. The summed E-state index contributed by atoms with van der Waals surface area (Å²) in [6.07, 6.45) is -4.60. The Kier molecular flexibility index (Phi) is 4.98. The average molecular weight is 376 g/mol. The second-order valence-electron chi connectivity index (χ2n) is 5.71. The summed E-state index contributed by atoms with van der Waals surface area (Å²) in [5, 5.41) is 12.3. The summed E-state index contributed by atoms with van der Waals surface area (Å²) in [5.74, 6) is -0.726. The van der Waals surface area contributed by atoms with Crippen molar-refractivity contribution in [2.75, 3.05) is 0 Å². The molecule has 0 spiro atoms. The lowest BCUT2D eigenvalue weighted by atomic mass is 10.1. The van der Waals surface area contributed by atoms with Crippen LogP contribution in [0.3, 0.4) is 0 Å². The zero-order valence-corrected chi connectivity index (χ0v) is 13.9. The van der Waals surface area contributed by atoms with E-state index in [1.165, 1.54) is 29.7 Å². The van der Waals surface area contributed by atoms with Gasteiger partial charge in [-0.15, -0.1) is 0 Å². The Balaban J connectivity index is 2.10. The molecule has 1 aromatic heterocycles. The van der Waals surface area contributed by atoms with Crippen molar-refractivity contribution in [3.63, 3.8) is 0 Å². The molecular weight excluding hydrogens is 361 g/mol. The zero-order valence-electron chi connectivity index (χ0n) is 13.9. The maximum atomic E-state index is 13.2. The SMILES string of the molecule is NCc1ccc(-c2cc(C(F)(F)F)nn2-c2ccc(C(=O)NO)cc2)cc1. The van der Waals surface area contributed by atoms with Crippen LogP contribution in [0.5, 0.6) is 0 Å². The molecule has 0 saturated heterocycles. The zero-order chi connectivity index (χ0) is 19.6. The van der Waals surface area contributed by atoms with Crippen molar-refractivity contribution in [1.29, 1.82) is 0 Å². The molecule has 0 atom stereocenters. The summed E-state index contributed by atoms with van der Waals surface area (Å²) in [6.45, 7) is 0.321. The van der Waals surface area contributed by atoms with Gasteiger partial charge in [0.15, 0.2) is 5.69 Å². The van der Waals surface area contributed by atoms with Crippen LogP contribution in [0.1, 0.15) is 21.6 Å². The van der Waals surface area contributed by atoms with Crippen molar-refractivity contribution < 1.29 is 23.2 Å². The molecule has 140 valence electrons. The summed E-state index contributed by atoms with van der Waals surface area (Å²) in [7, 11) is 0. The second-order valence-corrected chi connectivity index (χ2v) is 5.71. The maximum absolute atomic E-state index is 13.2. The van der Waals surface area contributed by atoms with Crippen LogP contribution in [-0.2, 0) is 12.7 Å². The molecule has 0 aliphatic rings. The maximum Gasteiger partial charge on any atom is 0.435 e. The molecule has 3 aromatic rings. The van der Waals surface area contributed by atoms with Crippen molar-refractivity contribution >= 4 is 5.91 Å². The molecule has 0 aliphatic heterocycles. The molecule has 2 aromatic carbocycles. The standard InChI is InChI=1S/C18H15F3N4O2/c19-18(20,21)16-9-15(12-3-1-11(10-22)2-4-12)25(23-16)14-7-5-13(6-8-14)17(26)24-27/h1-9,27H,10,22H2,(H,24,26). The highest BCUT2D eigenvalue weighted by molar-refractivity contribution is 5.93. The highest BCUT2D eigenvalue weighted by Crippen LogP contribution is 2.33. The predicted molar refractivity (Wildman–Crippen MR) is 91.1 cm³/mol. The molecule has 6 nitrogen and oxygen atoms in total. The minimum Gasteiger partial charge on any atom is -0.326 e. The number of carbonyl (C=O) groups excluding carboxylic acids is 1. The molecule has 1 heterocycles. The van der Waals surface area contributed by atoms with E-state index >= 15 is 0 Å². The number of halogens is 3. The Morgan fingerprint density at radius 1 is 1.11 bits per heavy atom. The first kappa shape index (κ1) is 18.6. The molecule has 0 fully saturated rings. The van der Waals surface area contributed by atoms with Crippen LogP contribution in [0.15, 0.2) is 54.6 Å². The second kappa shape index (κ2) is 7.22. The van der Waals surface area contributed by atoms with E-state index in [2.05, 4.69) is 5.10 Å². The van der Waals surface area contributed by atoms with Crippen LogP contribution in [0.2, 0.25) is 0 Å². The number of benzene rings is 2. The van der Waals surface area contributed by atoms with Crippen molar-refractivity contribution in [2.45, 2.75) is 12.7 Å². The fourth-order valence-corrected chi connectivity index (χ4v) is 2.55. The van der Waals surface area contributed by atoms with E-state index in [0.29, 0.717) is 17.8 Å². The lowest BCUT2D eigenvalue weighted by Crippen LogP contribution is -2.18. The van der Waals surface area contributed by atoms with Crippen LogP contribution in [-0.4, -0.2) is 20.9 Å². The number of nitrogens with one attached hydrogen (secondary N) is 1. The quantitative estimate of drug-likeness (QED) is 0.482. The number of nitrogens with zero attached hydrogens (tertiary/aromatic N) is 2. The number of hydrogen-bond donors (Lipinski definition) is 3. The number of alkyl halides is 3. The smallest absolute Gasteiger partial charge is 0.326 e. The third kappa shape index (κ3) is 3.83. The summed E-state index contributed by atoms with van der Waals surface area (Å²) in [6, 6.07) is 13.4. The number of amides is 1. The van der Waals surface area contributed by atoms with Crippen molar-refractivity contribution in [3.05, 3.63) is 71.4 Å². The van der Waals surface area contributed by atoms with Gasteiger partial charge in [-0.2, -0.15) is 18.3 Å². The van der Waals surface area contributed by atoms with Gasteiger partial charge in [0.25, 0.3) is 5.91 Å². The summed E-state index contributed by atoms with van der Waals surface area (Å²) in [5.41, 5.74) is 8.12. The monoisotopic (exact) mass is 376 g/mol.